The van der Waals surface area contributed by atoms with Crippen LogP contribution >= 0.6 is 11.6 Å². The highest BCUT2D eigenvalue weighted by atomic mass is 35.5. The van der Waals surface area contributed by atoms with Crippen LogP contribution in [0.2, 0.25) is 0 Å². The van der Waals surface area contributed by atoms with E-state index in [0.29, 0.717) is 11.4 Å². The fraction of sp³-hybridized carbons (Fsp3) is 0.300. The Morgan fingerprint density at radius 1 is 1.47 bits per heavy atom. The maximum absolute atomic E-state index is 11.9. The molecule has 0 aliphatic carbocycles. The van der Waals surface area contributed by atoms with Crippen LogP contribution in [0, 0.1) is 0 Å². The number of rotatable bonds is 5. The quantitative estimate of drug-likeness (QED) is 0.789. The number of amides is 1. The van der Waals surface area contributed by atoms with E-state index in [9.17, 15) is 9.18 Å². The molecule has 0 radical (unpaired) electrons. The molecule has 0 aliphatic heterocycles. The number of ether oxygens (including phenoxy) is 1. The van der Waals surface area contributed by atoms with Crippen LogP contribution < -0.4 is 10.1 Å². The van der Waals surface area contributed by atoms with Gasteiger partial charge in [-0.2, -0.15) is 0 Å². The van der Waals surface area contributed by atoms with E-state index in [0.717, 1.165) is 0 Å². The van der Waals surface area contributed by atoms with Crippen LogP contribution in [-0.2, 0) is 4.79 Å². The molecule has 0 atom stereocenters. The van der Waals surface area contributed by atoms with E-state index in [2.05, 4.69) is 5.32 Å². The minimum atomic E-state index is -0.572. The second-order valence-corrected chi connectivity index (χ2v) is 2.98. The average Bonchev–Trinajstić information content (AvgIpc) is 2.28. The molecule has 0 bridgehead atoms. The number of hydrogen-bond acceptors (Lipinski definition) is 2. The zero-order chi connectivity index (χ0) is 11.1. The van der Waals surface area contributed by atoms with E-state index in [1.165, 1.54) is 0 Å². The Bertz CT molecular complexity index is 333. The fourth-order valence-electron chi connectivity index (χ4n) is 1.03. The lowest BCUT2D eigenvalue weighted by Gasteiger charge is -2.10. The molecule has 1 rings (SSSR count). The maximum atomic E-state index is 11.9. The Hall–Kier alpha value is -1.29. The number of carbonyl (C=O) groups excluding carboxylic acids is 1. The molecule has 15 heavy (non-hydrogen) atoms. The molecule has 0 saturated carbocycles. The molecule has 1 N–H and O–H groups in total. The Kier molecular flexibility index (Phi) is 4.90. The summed E-state index contributed by atoms with van der Waals surface area (Å²) >= 11 is 5.35. The standard InChI is InChI=1S/C10H11ClFNO2/c11-7-10(14)13-8-3-1-2-4-9(8)15-6-5-12/h1-4H,5-7H2,(H,13,14). The molecule has 1 amide bonds. The number of para-hydroxylation sites is 2. The number of carbonyl (C=O) groups is 1. The Morgan fingerprint density at radius 3 is 2.87 bits per heavy atom. The van der Waals surface area contributed by atoms with Crippen molar-refractivity contribution in [3.63, 3.8) is 0 Å². The monoisotopic (exact) mass is 231 g/mol. The van der Waals surface area contributed by atoms with Gasteiger partial charge in [-0.15, -0.1) is 11.6 Å². The van der Waals surface area contributed by atoms with Crippen molar-refractivity contribution >= 4 is 23.2 Å². The van der Waals surface area contributed by atoms with Gasteiger partial charge in [0.1, 0.15) is 24.9 Å². The molecular weight excluding hydrogens is 221 g/mol. The van der Waals surface area contributed by atoms with E-state index < -0.39 is 6.67 Å². The molecule has 0 aromatic heterocycles. The van der Waals surface area contributed by atoms with Gasteiger partial charge >= 0.3 is 0 Å². The van der Waals surface area contributed by atoms with Gasteiger partial charge in [0.05, 0.1) is 5.69 Å². The first-order valence-electron chi connectivity index (χ1n) is 4.41. The average molecular weight is 232 g/mol. The summed E-state index contributed by atoms with van der Waals surface area (Å²) in [6.07, 6.45) is 0. The first kappa shape index (κ1) is 11.8. The third-order valence-corrected chi connectivity index (χ3v) is 1.86. The number of hydrogen-bond donors (Lipinski definition) is 1. The molecule has 0 fully saturated rings. The van der Waals surface area contributed by atoms with Gasteiger partial charge in [0.15, 0.2) is 0 Å². The maximum Gasteiger partial charge on any atom is 0.239 e. The van der Waals surface area contributed by atoms with Crippen LogP contribution in [-0.4, -0.2) is 25.1 Å². The minimum Gasteiger partial charge on any atom is -0.489 e. The topological polar surface area (TPSA) is 38.3 Å². The van der Waals surface area contributed by atoms with Crippen LogP contribution in [0.5, 0.6) is 5.75 Å². The van der Waals surface area contributed by atoms with Crippen LogP contribution in [0.4, 0.5) is 10.1 Å². The van der Waals surface area contributed by atoms with Crippen LogP contribution in [0.25, 0.3) is 0 Å². The van der Waals surface area contributed by atoms with E-state index in [1.807, 2.05) is 0 Å². The molecule has 5 heteroatoms. The second kappa shape index (κ2) is 6.24. The van der Waals surface area contributed by atoms with Crippen molar-refractivity contribution in [2.24, 2.45) is 0 Å². The fourth-order valence-corrected chi connectivity index (χ4v) is 1.09. The molecule has 0 unspecified atom stereocenters. The highest BCUT2D eigenvalue weighted by Gasteiger charge is 2.05. The van der Waals surface area contributed by atoms with Crippen molar-refractivity contribution in [1.82, 2.24) is 0 Å². The van der Waals surface area contributed by atoms with Gasteiger partial charge in [-0.3, -0.25) is 4.79 Å². The Morgan fingerprint density at radius 2 is 2.20 bits per heavy atom. The van der Waals surface area contributed by atoms with E-state index in [1.54, 1.807) is 24.3 Å². The summed E-state index contributed by atoms with van der Waals surface area (Å²) < 4.78 is 17.0. The number of halogens is 2. The van der Waals surface area contributed by atoms with E-state index in [4.69, 9.17) is 16.3 Å². The van der Waals surface area contributed by atoms with E-state index in [-0.39, 0.29) is 18.4 Å². The van der Waals surface area contributed by atoms with Gasteiger partial charge in [-0.25, -0.2) is 4.39 Å². The van der Waals surface area contributed by atoms with E-state index >= 15 is 0 Å². The van der Waals surface area contributed by atoms with Crippen LogP contribution in [0.15, 0.2) is 24.3 Å². The van der Waals surface area contributed by atoms with Crippen molar-refractivity contribution in [3.8, 4) is 5.75 Å². The van der Waals surface area contributed by atoms with Gasteiger partial charge < -0.3 is 10.1 Å². The lowest BCUT2D eigenvalue weighted by molar-refractivity contribution is -0.113. The summed E-state index contributed by atoms with van der Waals surface area (Å²) in [6.45, 7) is -0.606. The summed E-state index contributed by atoms with van der Waals surface area (Å²) in [5.41, 5.74) is 0.497. The summed E-state index contributed by atoms with van der Waals surface area (Å²) in [5.74, 6) is -0.0150. The van der Waals surface area contributed by atoms with Crippen molar-refractivity contribution in [1.29, 1.82) is 0 Å². The van der Waals surface area contributed by atoms with Gasteiger partial charge in [0.25, 0.3) is 0 Å². The third kappa shape index (κ3) is 3.75. The summed E-state index contributed by atoms with van der Waals surface area (Å²) in [6, 6.07) is 6.80. The number of nitrogens with one attached hydrogen (secondary N) is 1. The first-order valence-corrected chi connectivity index (χ1v) is 4.95. The predicted octanol–water partition coefficient (Wildman–Crippen LogP) is 2.21. The van der Waals surface area contributed by atoms with Crippen LogP contribution in [0.1, 0.15) is 0 Å². The summed E-state index contributed by atoms with van der Waals surface area (Å²) in [5, 5.41) is 2.55. The minimum absolute atomic E-state index is 0.0340. The molecule has 3 nitrogen and oxygen atoms in total. The first-order chi connectivity index (χ1) is 7.27. The van der Waals surface area contributed by atoms with Gasteiger partial charge in [-0.05, 0) is 12.1 Å². The van der Waals surface area contributed by atoms with Crippen molar-refractivity contribution in [3.05, 3.63) is 24.3 Å². The zero-order valence-corrected chi connectivity index (χ0v) is 8.76. The molecule has 82 valence electrons. The Labute approximate surface area is 92.2 Å². The highest BCUT2D eigenvalue weighted by Crippen LogP contribution is 2.23. The SMILES string of the molecule is O=C(CCl)Nc1ccccc1OCCF. The van der Waals surface area contributed by atoms with Crippen molar-refractivity contribution in [2.75, 3.05) is 24.5 Å². The molecule has 1 aromatic carbocycles. The van der Waals surface area contributed by atoms with Gasteiger partial charge in [0, 0.05) is 0 Å². The predicted molar refractivity (Wildman–Crippen MR) is 57.3 cm³/mol. The lowest BCUT2D eigenvalue weighted by atomic mass is 10.3. The Balaban J connectivity index is 2.72. The molecule has 0 saturated heterocycles. The number of benzene rings is 1. The van der Waals surface area contributed by atoms with Gasteiger partial charge in [-0.1, -0.05) is 12.1 Å². The van der Waals surface area contributed by atoms with Crippen molar-refractivity contribution in [2.45, 2.75) is 0 Å². The molecule has 0 spiro atoms. The number of anilines is 1. The summed E-state index contributed by atoms with van der Waals surface area (Å²) in [4.78, 5) is 11.0. The largest absolute Gasteiger partial charge is 0.489 e. The highest BCUT2D eigenvalue weighted by molar-refractivity contribution is 6.29. The van der Waals surface area contributed by atoms with Gasteiger partial charge in [0.2, 0.25) is 5.91 Å². The molecule has 1 aromatic rings. The normalized spacial score (nSPS) is 9.73. The molecule has 0 heterocycles. The summed E-state index contributed by atoms with van der Waals surface area (Å²) in [7, 11) is 0. The lowest BCUT2D eigenvalue weighted by Crippen LogP contribution is -2.13. The molecular formula is C10H11ClFNO2. The molecule has 0 aliphatic rings. The van der Waals surface area contributed by atoms with Crippen molar-refractivity contribution < 1.29 is 13.9 Å². The zero-order valence-electron chi connectivity index (χ0n) is 8.00. The smallest absolute Gasteiger partial charge is 0.239 e. The second-order valence-electron chi connectivity index (χ2n) is 2.72. The van der Waals surface area contributed by atoms with Crippen LogP contribution in [0.3, 0.4) is 0 Å². The number of alkyl halides is 2. The third-order valence-electron chi connectivity index (χ3n) is 1.62.